The molecule has 1 aromatic rings. The van der Waals surface area contributed by atoms with E-state index < -0.39 is 0 Å². The Hall–Kier alpha value is -0.960. The van der Waals surface area contributed by atoms with Crippen molar-refractivity contribution in [2.45, 2.75) is 6.73 Å². The van der Waals surface area contributed by atoms with E-state index in [0.29, 0.717) is 0 Å². The number of aliphatic hydroxyl groups excluding tert-OH is 1. The summed E-state index contributed by atoms with van der Waals surface area (Å²) in [4.78, 5) is 0. The fourth-order valence-electron chi connectivity index (χ4n) is 0.445. The van der Waals surface area contributed by atoms with Crippen LogP contribution in [0.5, 0.6) is 0 Å². The van der Waals surface area contributed by atoms with E-state index in [0.717, 1.165) is 0 Å². The zero-order valence-electron chi connectivity index (χ0n) is 4.36. The molecule has 1 heterocycles. The molecule has 0 bridgehead atoms. The standard InChI is InChI=1S/C5H7N2O/c8-5-7-4-2-1-3-6-7/h1-4,8H,5H2/q+1. The second-order valence-electron chi connectivity index (χ2n) is 1.38. The molecule has 0 spiro atoms. The van der Waals surface area contributed by atoms with Gasteiger partial charge in [-0.25, -0.2) is 0 Å². The fourth-order valence-corrected chi connectivity index (χ4v) is 0.445. The van der Waals surface area contributed by atoms with Gasteiger partial charge in [-0.15, -0.1) is 0 Å². The molecule has 0 radical (unpaired) electrons. The Balaban J connectivity index is 2.83. The first kappa shape index (κ1) is 5.18. The van der Waals surface area contributed by atoms with Gasteiger partial charge in [0.1, 0.15) is 0 Å². The minimum absolute atomic E-state index is 0.0547. The molecule has 0 aliphatic heterocycles. The second kappa shape index (κ2) is 2.37. The summed E-state index contributed by atoms with van der Waals surface area (Å²) in [5.41, 5.74) is 0. The van der Waals surface area contributed by atoms with Crippen LogP contribution in [0.2, 0.25) is 0 Å². The van der Waals surface area contributed by atoms with Crippen LogP contribution in [0, 0.1) is 0 Å². The van der Waals surface area contributed by atoms with E-state index in [9.17, 15) is 0 Å². The Morgan fingerprint density at radius 3 is 2.75 bits per heavy atom. The second-order valence-corrected chi connectivity index (χ2v) is 1.38. The SMILES string of the molecule is OC[n+]1ccccn1. The minimum atomic E-state index is -0.0547. The van der Waals surface area contributed by atoms with Crippen LogP contribution in [0.3, 0.4) is 0 Å². The maximum Gasteiger partial charge on any atom is 0.276 e. The first-order valence-electron chi connectivity index (χ1n) is 2.35. The van der Waals surface area contributed by atoms with E-state index in [4.69, 9.17) is 5.11 Å². The normalized spacial score (nSPS) is 9.12. The smallest absolute Gasteiger partial charge is 0.276 e. The summed E-state index contributed by atoms with van der Waals surface area (Å²) in [5, 5.41) is 12.2. The average molecular weight is 111 g/mol. The molecule has 0 fully saturated rings. The predicted octanol–water partition coefficient (Wildman–Crippen LogP) is -0.681. The minimum Gasteiger partial charge on any atom is -0.337 e. The van der Waals surface area contributed by atoms with Crippen LogP contribution < -0.4 is 4.68 Å². The lowest BCUT2D eigenvalue weighted by atomic mass is 10.6. The molecule has 1 rings (SSSR count). The van der Waals surface area contributed by atoms with Gasteiger partial charge in [-0.05, 0) is 11.2 Å². The van der Waals surface area contributed by atoms with Gasteiger partial charge >= 0.3 is 0 Å². The van der Waals surface area contributed by atoms with Gasteiger partial charge in [0, 0.05) is 6.07 Å². The number of aliphatic hydroxyl groups is 1. The third-order valence-electron chi connectivity index (χ3n) is 0.815. The Morgan fingerprint density at radius 1 is 1.50 bits per heavy atom. The Bertz CT molecular complexity index is 152. The molecule has 0 saturated carbocycles. The molecule has 42 valence electrons. The molecule has 0 atom stereocenters. The maximum atomic E-state index is 8.44. The molecule has 0 amide bonds. The third-order valence-corrected chi connectivity index (χ3v) is 0.815. The Morgan fingerprint density at radius 2 is 2.38 bits per heavy atom. The van der Waals surface area contributed by atoms with E-state index in [1.54, 1.807) is 18.5 Å². The largest absolute Gasteiger partial charge is 0.337 e. The zero-order valence-corrected chi connectivity index (χ0v) is 4.36. The topological polar surface area (TPSA) is 37.0 Å². The molecule has 8 heavy (non-hydrogen) atoms. The lowest BCUT2D eigenvalue weighted by Crippen LogP contribution is -2.36. The first-order valence-corrected chi connectivity index (χ1v) is 2.35. The first-order chi connectivity index (χ1) is 3.93. The van der Waals surface area contributed by atoms with Gasteiger partial charge in [0.05, 0.1) is 6.20 Å². The summed E-state index contributed by atoms with van der Waals surface area (Å²) < 4.78 is 1.43. The highest BCUT2D eigenvalue weighted by Crippen LogP contribution is 1.68. The number of rotatable bonds is 1. The monoisotopic (exact) mass is 111 g/mol. The van der Waals surface area contributed by atoms with Crippen LogP contribution in [0.25, 0.3) is 0 Å². The van der Waals surface area contributed by atoms with E-state index >= 15 is 0 Å². The molecule has 0 saturated heterocycles. The van der Waals surface area contributed by atoms with Crippen LogP contribution in [0.15, 0.2) is 24.5 Å². The average Bonchev–Trinajstić information content (AvgIpc) is 1.90. The Kier molecular flexibility index (Phi) is 1.54. The molecule has 1 N–H and O–H groups in total. The van der Waals surface area contributed by atoms with Crippen LogP contribution in [0.1, 0.15) is 0 Å². The van der Waals surface area contributed by atoms with Crippen molar-refractivity contribution >= 4 is 0 Å². The lowest BCUT2D eigenvalue weighted by Gasteiger charge is -1.81. The van der Waals surface area contributed by atoms with Gasteiger partial charge in [-0.1, -0.05) is 4.68 Å². The number of nitrogens with zero attached hydrogens (tertiary/aromatic N) is 2. The molecular weight excluding hydrogens is 104 g/mol. The molecule has 0 aromatic carbocycles. The van der Waals surface area contributed by atoms with Crippen molar-refractivity contribution in [1.29, 1.82) is 0 Å². The molecule has 0 aliphatic carbocycles. The summed E-state index contributed by atoms with van der Waals surface area (Å²) in [6.07, 6.45) is 3.32. The number of hydrogen-bond acceptors (Lipinski definition) is 2. The van der Waals surface area contributed by atoms with Gasteiger partial charge in [0.2, 0.25) is 0 Å². The highest BCUT2D eigenvalue weighted by atomic mass is 16.3. The zero-order chi connectivity index (χ0) is 5.82. The molecule has 3 nitrogen and oxygen atoms in total. The highest BCUT2D eigenvalue weighted by Gasteiger charge is 1.90. The van der Waals surface area contributed by atoms with Crippen molar-refractivity contribution in [3.8, 4) is 0 Å². The third kappa shape index (κ3) is 1.01. The maximum absolute atomic E-state index is 8.44. The highest BCUT2D eigenvalue weighted by molar-refractivity contribution is 4.76. The quantitative estimate of drug-likeness (QED) is 0.487. The summed E-state index contributed by atoms with van der Waals surface area (Å²) >= 11 is 0. The summed E-state index contributed by atoms with van der Waals surface area (Å²) in [6, 6.07) is 3.61. The number of hydrogen-bond donors (Lipinski definition) is 1. The van der Waals surface area contributed by atoms with Crippen molar-refractivity contribution in [3.05, 3.63) is 24.5 Å². The van der Waals surface area contributed by atoms with Crippen LogP contribution >= 0.6 is 0 Å². The van der Waals surface area contributed by atoms with Crippen molar-refractivity contribution in [1.82, 2.24) is 5.10 Å². The summed E-state index contributed by atoms with van der Waals surface area (Å²) in [5.74, 6) is 0. The molecular formula is C5H7N2O+. The van der Waals surface area contributed by atoms with Gasteiger partial charge in [0.25, 0.3) is 6.73 Å². The van der Waals surface area contributed by atoms with E-state index in [2.05, 4.69) is 5.10 Å². The summed E-state index contributed by atoms with van der Waals surface area (Å²) in [7, 11) is 0. The van der Waals surface area contributed by atoms with Crippen LogP contribution in [-0.4, -0.2) is 10.2 Å². The van der Waals surface area contributed by atoms with Gasteiger partial charge in [-0.2, -0.15) is 0 Å². The van der Waals surface area contributed by atoms with E-state index in [-0.39, 0.29) is 6.73 Å². The van der Waals surface area contributed by atoms with Crippen molar-refractivity contribution in [2.24, 2.45) is 0 Å². The molecule has 3 heteroatoms. The summed E-state index contributed by atoms with van der Waals surface area (Å²) in [6.45, 7) is -0.0547. The Labute approximate surface area is 47.2 Å². The molecule has 0 unspecified atom stereocenters. The van der Waals surface area contributed by atoms with Crippen molar-refractivity contribution in [2.75, 3.05) is 0 Å². The van der Waals surface area contributed by atoms with Crippen molar-refractivity contribution < 1.29 is 9.79 Å². The van der Waals surface area contributed by atoms with E-state index in [1.807, 2.05) is 6.07 Å². The van der Waals surface area contributed by atoms with Gasteiger partial charge < -0.3 is 5.11 Å². The fraction of sp³-hybridized carbons (Fsp3) is 0.200. The lowest BCUT2D eigenvalue weighted by molar-refractivity contribution is -0.782. The van der Waals surface area contributed by atoms with Gasteiger partial charge in [-0.3, -0.25) is 0 Å². The van der Waals surface area contributed by atoms with Crippen LogP contribution in [-0.2, 0) is 6.73 Å². The van der Waals surface area contributed by atoms with Crippen LogP contribution in [0.4, 0.5) is 0 Å². The van der Waals surface area contributed by atoms with Gasteiger partial charge in [0.15, 0.2) is 6.20 Å². The number of aromatic nitrogens is 2. The molecule has 0 aliphatic rings. The van der Waals surface area contributed by atoms with Crippen molar-refractivity contribution in [3.63, 3.8) is 0 Å². The molecule has 1 aromatic heterocycles. The van der Waals surface area contributed by atoms with E-state index in [1.165, 1.54) is 4.68 Å². The predicted molar refractivity (Wildman–Crippen MR) is 26.7 cm³/mol.